The van der Waals surface area contributed by atoms with Gasteiger partial charge in [-0.1, -0.05) is 35.9 Å². The van der Waals surface area contributed by atoms with E-state index >= 15 is 0 Å². The van der Waals surface area contributed by atoms with Crippen LogP contribution in [0.2, 0.25) is 5.02 Å². The van der Waals surface area contributed by atoms with E-state index in [0.717, 1.165) is 0 Å². The number of nitrogens with one attached hydrogen (secondary N) is 1. The summed E-state index contributed by atoms with van der Waals surface area (Å²) in [5.41, 5.74) is 1.81. The van der Waals surface area contributed by atoms with Gasteiger partial charge in [-0.25, -0.2) is 4.79 Å². The zero-order valence-corrected chi connectivity index (χ0v) is 17.0. The summed E-state index contributed by atoms with van der Waals surface area (Å²) < 4.78 is 5.48. The maximum atomic E-state index is 12.8. The topological polar surface area (TPSA) is 55.4 Å². The molecule has 0 saturated heterocycles. The minimum absolute atomic E-state index is 0.282. The van der Waals surface area contributed by atoms with Gasteiger partial charge < -0.3 is 10.1 Å². The van der Waals surface area contributed by atoms with Gasteiger partial charge in [-0.2, -0.15) is 0 Å². The van der Waals surface area contributed by atoms with E-state index in [0.29, 0.717) is 33.2 Å². The van der Waals surface area contributed by atoms with Crippen molar-refractivity contribution >= 4 is 35.1 Å². The highest BCUT2D eigenvalue weighted by Crippen LogP contribution is 2.35. The first-order chi connectivity index (χ1) is 13.2. The molecule has 1 atom stereocenters. The van der Waals surface area contributed by atoms with E-state index < -0.39 is 10.8 Å². The van der Waals surface area contributed by atoms with Gasteiger partial charge in [-0.05, 0) is 55.8 Å². The largest absolute Gasteiger partial charge is 0.423 e. The highest BCUT2D eigenvalue weighted by Gasteiger charge is 2.32. The van der Waals surface area contributed by atoms with Crippen LogP contribution in [-0.2, 0) is 4.79 Å². The van der Waals surface area contributed by atoms with Crippen molar-refractivity contribution in [2.24, 2.45) is 0 Å². The molecule has 1 amide bonds. The van der Waals surface area contributed by atoms with Gasteiger partial charge >= 0.3 is 5.97 Å². The molecule has 6 heteroatoms. The van der Waals surface area contributed by atoms with Crippen molar-refractivity contribution < 1.29 is 14.3 Å². The minimum atomic E-state index is -0.719. The number of halogens is 2. The second-order valence-electron chi connectivity index (χ2n) is 6.80. The van der Waals surface area contributed by atoms with E-state index in [1.807, 2.05) is 13.0 Å². The van der Waals surface area contributed by atoms with E-state index in [1.165, 1.54) is 0 Å². The zero-order chi connectivity index (χ0) is 20.3. The molecule has 1 N–H and O–H groups in total. The molecule has 0 spiro atoms. The van der Waals surface area contributed by atoms with Crippen LogP contribution in [0.5, 0.6) is 5.75 Å². The number of benzene rings is 2. The molecule has 144 valence electrons. The summed E-state index contributed by atoms with van der Waals surface area (Å²) in [5, 5.41) is 3.36. The number of allylic oxidation sites excluding steroid dienone is 2. The lowest BCUT2D eigenvalue weighted by molar-refractivity contribution is -0.130. The molecule has 2 aromatic carbocycles. The van der Waals surface area contributed by atoms with Crippen LogP contribution in [0.3, 0.4) is 0 Å². The predicted molar refractivity (Wildman–Crippen MR) is 111 cm³/mol. The quantitative estimate of drug-likeness (QED) is 0.419. The molecule has 0 heterocycles. The molecule has 1 unspecified atom stereocenters. The normalized spacial score (nSPS) is 19.1. The number of para-hydroxylation sites is 1. The number of ether oxygens (including phenoxy) is 1. The van der Waals surface area contributed by atoms with Crippen molar-refractivity contribution in [1.82, 2.24) is 5.32 Å². The summed E-state index contributed by atoms with van der Waals surface area (Å²) in [6.07, 6.45) is 2.08. The summed E-state index contributed by atoms with van der Waals surface area (Å²) in [6, 6.07) is 15.3. The fraction of sp³-hybridized carbons (Fsp3) is 0.182. The molecule has 0 aliphatic heterocycles. The molecular weight excluding hydrogens is 397 g/mol. The van der Waals surface area contributed by atoms with Crippen LogP contribution in [0.1, 0.15) is 30.6 Å². The van der Waals surface area contributed by atoms with Crippen LogP contribution in [0.25, 0.3) is 0 Å². The Hall–Kier alpha value is -2.56. The average Bonchev–Trinajstić information content (AvgIpc) is 2.61. The second kappa shape index (κ2) is 8.21. The molecule has 3 rings (SSSR count). The summed E-state index contributed by atoms with van der Waals surface area (Å²) >= 11 is 12.4. The standard InChI is InChI=1S/C22H19Cl2NO3/c1-14-12-22(2,24)13-18(25-20(26)15-8-10-16(23)11-9-15)19(14)21(27)28-17-6-4-3-5-7-17/h3-12H,13H2,1-2H3,(H,25,26). The first kappa shape index (κ1) is 20.2. The molecule has 2 aromatic rings. The fourth-order valence-electron chi connectivity index (χ4n) is 3.09. The number of hydrogen-bond acceptors (Lipinski definition) is 3. The third-order valence-corrected chi connectivity index (χ3v) is 4.76. The van der Waals surface area contributed by atoms with Crippen molar-refractivity contribution in [3.05, 3.63) is 88.1 Å². The highest BCUT2D eigenvalue weighted by atomic mass is 35.5. The lowest BCUT2D eigenvalue weighted by atomic mass is 9.88. The van der Waals surface area contributed by atoms with Crippen molar-refractivity contribution in [3.63, 3.8) is 0 Å². The van der Waals surface area contributed by atoms with E-state index in [1.54, 1.807) is 61.5 Å². The maximum absolute atomic E-state index is 12.8. The predicted octanol–water partition coefficient (Wildman–Crippen LogP) is 5.28. The lowest BCUT2D eigenvalue weighted by Crippen LogP contribution is -2.33. The van der Waals surface area contributed by atoms with Gasteiger partial charge in [-0.15, -0.1) is 11.6 Å². The van der Waals surface area contributed by atoms with Gasteiger partial charge in [-0.3, -0.25) is 4.79 Å². The van der Waals surface area contributed by atoms with Gasteiger partial charge in [0.05, 0.1) is 10.4 Å². The SMILES string of the molecule is CC1=CC(C)(Cl)CC(NC(=O)c2ccc(Cl)cc2)=C1C(=O)Oc1ccccc1. The number of hydrogen-bond donors (Lipinski definition) is 1. The highest BCUT2D eigenvalue weighted by molar-refractivity contribution is 6.30. The molecule has 1 aliphatic rings. The van der Waals surface area contributed by atoms with Crippen molar-refractivity contribution in [2.75, 3.05) is 0 Å². The van der Waals surface area contributed by atoms with Gasteiger partial charge in [0.2, 0.25) is 0 Å². The number of alkyl halides is 1. The van der Waals surface area contributed by atoms with E-state index in [4.69, 9.17) is 27.9 Å². The maximum Gasteiger partial charge on any atom is 0.345 e. The van der Waals surface area contributed by atoms with Crippen LogP contribution in [-0.4, -0.2) is 16.8 Å². The van der Waals surface area contributed by atoms with E-state index in [-0.39, 0.29) is 12.3 Å². The Balaban J connectivity index is 1.92. The van der Waals surface area contributed by atoms with Crippen molar-refractivity contribution in [3.8, 4) is 5.75 Å². The number of amides is 1. The summed E-state index contributed by atoms with van der Waals surface area (Å²) in [4.78, 5) is 24.8. The van der Waals surface area contributed by atoms with Crippen LogP contribution in [0, 0.1) is 0 Å². The molecular formula is C22H19Cl2NO3. The van der Waals surface area contributed by atoms with Gasteiger partial charge in [0.1, 0.15) is 5.75 Å². The Morgan fingerprint density at radius 2 is 1.71 bits per heavy atom. The Morgan fingerprint density at radius 3 is 2.36 bits per heavy atom. The Bertz CT molecular complexity index is 961. The van der Waals surface area contributed by atoms with Crippen LogP contribution in [0.15, 0.2) is 77.5 Å². The molecule has 28 heavy (non-hydrogen) atoms. The minimum Gasteiger partial charge on any atom is -0.423 e. The van der Waals surface area contributed by atoms with Crippen molar-refractivity contribution in [2.45, 2.75) is 25.1 Å². The molecule has 0 saturated carbocycles. The number of carbonyl (C=O) groups excluding carboxylic acids is 2. The number of esters is 1. The van der Waals surface area contributed by atoms with Crippen molar-refractivity contribution in [1.29, 1.82) is 0 Å². The monoisotopic (exact) mass is 415 g/mol. The number of rotatable bonds is 4. The zero-order valence-electron chi connectivity index (χ0n) is 15.5. The molecule has 0 bridgehead atoms. The molecule has 1 aliphatic carbocycles. The van der Waals surface area contributed by atoms with Crippen LogP contribution in [0.4, 0.5) is 0 Å². The third kappa shape index (κ3) is 4.83. The van der Waals surface area contributed by atoms with Crippen LogP contribution >= 0.6 is 23.2 Å². The molecule has 0 fully saturated rings. The van der Waals surface area contributed by atoms with Crippen LogP contribution < -0.4 is 10.1 Å². The van der Waals surface area contributed by atoms with Gasteiger partial charge in [0.15, 0.2) is 0 Å². The first-order valence-electron chi connectivity index (χ1n) is 8.71. The Labute approximate surface area is 173 Å². The second-order valence-corrected chi connectivity index (χ2v) is 8.10. The summed E-state index contributed by atoms with van der Waals surface area (Å²) in [5.74, 6) is -0.465. The summed E-state index contributed by atoms with van der Waals surface area (Å²) in [7, 11) is 0. The van der Waals surface area contributed by atoms with Gasteiger partial charge in [0, 0.05) is 22.7 Å². The average molecular weight is 416 g/mol. The van der Waals surface area contributed by atoms with E-state index in [2.05, 4.69) is 5.32 Å². The Morgan fingerprint density at radius 1 is 1.07 bits per heavy atom. The van der Waals surface area contributed by atoms with E-state index in [9.17, 15) is 9.59 Å². The number of carbonyl (C=O) groups is 2. The summed E-state index contributed by atoms with van der Waals surface area (Å²) in [6.45, 7) is 3.60. The first-order valence-corrected chi connectivity index (χ1v) is 9.47. The molecule has 0 aromatic heterocycles. The fourth-order valence-corrected chi connectivity index (χ4v) is 3.52. The Kier molecular flexibility index (Phi) is 5.92. The van der Waals surface area contributed by atoms with Gasteiger partial charge in [0.25, 0.3) is 5.91 Å². The smallest absolute Gasteiger partial charge is 0.345 e. The molecule has 4 nitrogen and oxygen atoms in total. The lowest BCUT2D eigenvalue weighted by Gasteiger charge is -2.28. The molecule has 0 radical (unpaired) electrons. The third-order valence-electron chi connectivity index (χ3n) is 4.26.